The van der Waals surface area contributed by atoms with Gasteiger partial charge in [-0.2, -0.15) is 4.68 Å². The van der Waals surface area contributed by atoms with Crippen molar-refractivity contribution >= 4 is 5.65 Å². The summed E-state index contributed by atoms with van der Waals surface area (Å²) in [6, 6.07) is 12.0. The predicted octanol–water partition coefficient (Wildman–Crippen LogP) is 1.70. The fourth-order valence-electron chi connectivity index (χ4n) is 2.45. The van der Waals surface area contributed by atoms with Gasteiger partial charge in [0, 0.05) is 17.8 Å². The van der Waals surface area contributed by atoms with Gasteiger partial charge in [0.2, 0.25) is 5.89 Å². The Labute approximate surface area is 139 Å². The minimum Gasteiger partial charge on any atom is -0.388 e. The Morgan fingerprint density at radius 3 is 2.68 bits per heavy atom. The molecule has 8 heteroatoms. The monoisotopic (exact) mass is 338 g/mol. The number of hydrogen-bond acceptors (Lipinski definition) is 5. The quantitative estimate of drug-likeness (QED) is 0.568. The summed E-state index contributed by atoms with van der Waals surface area (Å²) in [6.45, 7) is -0.00976. The minimum absolute atomic E-state index is 0.00976. The SMILES string of the molecule is O=c1oc(-c2ccc(F)cc2)nn1Cc1cc(=O)n2ccccc2n1. The molecule has 4 aromatic rings. The normalized spacial score (nSPS) is 11.1. The van der Waals surface area contributed by atoms with Gasteiger partial charge in [-0.05, 0) is 36.4 Å². The van der Waals surface area contributed by atoms with Crippen molar-refractivity contribution in [3.8, 4) is 11.5 Å². The molecule has 0 radical (unpaired) electrons. The summed E-state index contributed by atoms with van der Waals surface area (Å²) < 4.78 is 20.5. The van der Waals surface area contributed by atoms with Crippen molar-refractivity contribution in [2.45, 2.75) is 6.54 Å². The molecule has 3 heterocycles. The predicted molar refractivity (Wildman–Crippen MR) is 86.7 cm³/mol. The standard InChI is InChI=1S/C17H11FN4O3/c18-12-6-4-11(5-7-12)16-20-22(17(24)25-16)10-13-9-15(23)21-8-2-1-3-14(21)19-13/h1-9H,10H2. The van der Waals surface area contributed by atoms with Crippen LogP contribution >= 0.6 is 0 Å². The second-order valence-electron chi connectivity index (χ2n) is 5.35. The summed E-state index contributed by atoms with van der Waals surface area (Å²) >= 11 is 0. The lowest BCUT2D eigenvalue weighted by molar-refractivity contribution is 0.493. The lowest BCUT2D eigenvalue weighted by Crippen LogP contribution is -2.21. The van der Waals surface area contributed by atoms with E-state index >= 15 is 0 Å². The van der Waals surface area contributed by atoms with E-state index in [-0.39, 0.29) is 18.0 Å². The Kier molecular flexibility index (Phi) is 3.50. The number of aromatic nitrogens is 4. The molecule has 0 saturated carbocycles. The molecule has 0 aliphatic rings. The van der Waals surface area contributed by atoms with Crippen molar-refractivity contribution in [3.63, 3.8) is 0 Å². The number of fused-ring (bicyclic) bond motifs is 1. The first-order chi connectivity index (χ1) is 12.1. The van der Waals surface area contributed by atoms with Gasteiger partial charge in [0.25, 0.3) is 5.56 Å². The third kappa shape index (κ3) is 2.85. The van der Waals surface area contributed by atoms with Crippen molar-refractivity contribution in [2.75, 3.05) is 0 Å². The van der Waals surface area contributed by atoms with Crippen LogP contribution in [0.2, 0.25) is 0 Å². The van der Waals surface area contributed by atoms with Crippen LogP contribution in [0.1, 0.15) is 5.69 Å². The first kappa shape index (κ1) is 15.0. The number of hydrogen-bond donors (Lipinski definition) is 0. The molecule has 3 aromatic heterocycles. The molecular formula is C17H11FN4O3. The zero-order chi connectivity index (χ0) is 17.4. The third-order valence-electron chi connectivity index (χ3n) is 3.63. The van der Waals surface area contributed by atoms with Gasteiger partial charge in [-0.1, -0.05) is 6.07 Å². The molecule has 0 fully saturated rings. The number of halogens is 1. The Bertz CT molecular complexity index is 1170. The van der Waals surface area contributed by atoms with E-state index in [0.717, 1.165) is 4.68 Å². The molecule has 0 N–H and O–H groups in total. The second-order valence-corrected chi connectivity index (χ2v) is 5.35. The Morgan fingerprint density at radius 1 is 1.08 bits per heavy atom. The first-order valence-electron chi connectivity index (χ1n) is 7.41. The van der Waals surface area contributed by atoms with E-state index in [0.29, 0.717) is 16.9 Å². The molecular weight excluding hydrogens is 327 g/mol. The summed E-state index contributed by atoms with van der Waals surface area (Å²) in [7, 11) is 0. The summed E-state index contributed by atoms with van der Waals surface area (Å²) in [4.78, 5) is 28.4. The van der Waals surface area contributed by atoms with Crippen LogP contribution in [-0.2, 0) is 6.54 Å². The molecule has 4 rings (SSSR count). The highest BCUT2D eigenvalue weighted by Gasteiger charge is 2.12. The van der Waals surface area contributed by atoms with Crippen LogP contribution in [0.25, 0.3) is 17.1 Å². The number of nitrogens with zero attached hydrogens (tertiary/aromatic N) is 4. The summed E-state index contributed by atoms with van der Waals surface area (Å²) in [5.41, 5.74) is 1.08. The van der Waals surface area contributed by atoms with Gasteiger partial charge in [-0.15, -0.1) is 5.10 Å². The van der Waals surface area contributed by atoms with Crippen molar-refractivity contribution in [1.82, 2.24) is 19.2 Å². The fraction of sp³-hybridized carbons (Fsp3) is 0.0588. The molecule has 124 valence electrons. The van der Waals surface area contributed by atoms with Crippen molar-refractivity contribution in [1.29, 1.82) is 0 Å². The highest BCUT2D eigenvalue weighted by Crippen LogP contribution is 2.15. The Balaban J connectivity index is 1.71. The van der Waals surface area contributed by atoms with E-state index < -0.39 is 11.6 Å². The zero-order valence-corrected chi connectivity index (χ0v) is 12.8. The molecule has 0 atom stereocenters. The van der Waals surface area contributed by atoms with Crippen LogP contribution in [0, 0.1) is 5.82 Å². The molecule has 7 nitrogen and oxygen atoms in total. The molecule has 0 saturated heterocycles. The zero-order valence-electron chi connectivity index (χ0n) is 12.8. The van der Waals surface area contributed by atoms with Crippen LogP contribution in [0.15, 0.2) is 68.7 Å². The molecule has 1 aromatic carbocycles. The minimum atomic E-state index is -0.686. The Morgan fingerprint density at radius 2 is 1.88 bits per heavy atom. The highest BCUT2D eigenvalue weighted by atomic mass is 19.1. The highest BCUT2D eigenvalue weighted by molar-refractivity contribution is 5.51. The molecule has 0 aliphatic heterocycles. The number of pyridine rings is 1. The van der Waals surface area contributed by atoms with Crippen LogP contribution in [0.3, 0.4) is 0 Å². The van der Waals surface area contributed by atoms with Crippen LogP contribution in [0.5, 0.6) is 0 Å². The summed E-state index contributed by atoms with van der Waals surface area (Å²) in [5.74, 6) is -1.01. The van der Waals surface area contributed by atoms with Gasteiger partial charge in [-0.25, -0.2) is 14.2 Å². The number of benzene rings is 1. The molecule has 0 bridgehead atoms. The van der Waals surface area contributed by atoms with Crippen LogP contribution < -0.4 is 11.3 Å². The Hall–Kier alpha value is -3.55. The van der Waals surface area contributed by atoms with Gasteiger partial charge >= 0.3 is 5.76 Å². The number of rotatable bonds is 3. The van der Waals surface area contributed by atoms with Crippen LogP contribution in [0.4, 0.5) is 4.39 Å². The lowest BCUT2D eigenvalue weighted by Gasteiger charge is -2.02. The van der Waals surface area contributed by atoms with E-state index in [2.05, 4.69) is 10.1 Å². The molecule has 0 aliphatic carbocycles. The second kappa shape index (κ2) is 5.82. The largest absolute Gasteiger partial charge is 0.437 e. The topological polar surface area (TPSA) is 82.4 Å². The van der Waals surface area contributed by atoms with Crippen LogP contribution in [-0.4, -0.2) is 19.2 Å². The van der Waals surface area contributed by atoms with Crippen molar-refractivity contribution in [3.05, 3.63) is 87.1 Å². The maximum Gasteiger partial charge on any atom is 0.437 e. The van der Waals surface area contributed by atoms with E-state index in [1.165, 1.54) is 34.7 Å². The smallest absolute Gasteiger partial charge is 0.388 e. The maximum atomic E-state index is 13.0. The van der Waals surface area contributed by atoms with E-state index in [4.69, 9.17) is 4.42 Å². The van der Waals surface area contributed by atoms with Gasteiger partial charge in [-0.3, -0.25) is 9.20 Å². The van der Waals surface area contributed by atoms with Gasteiger partial charge < -0.3 is 4.42 Å². The summed E-state index contributed by atoms with van der Waals surface area (Å²) in [6.07, 6.45) is 1.61. The fourth-order valence-corrected chi connectivity index (χ4v) is 2.45. The molecule has 0 unspecified atom stereocenters. The average Bonchev–Trinajstić information content (AvgIpc) is 2.96. The first-order valence-corrected chi connectivity index (χ1v) is 7.41. The van der Waals surface area contributed by atoms with E-state index in [1.807, 2.05) is 0 Å². The average molecular weight is 338 g/mol. The van der Waals surface area contributed by atoms with Crippen molar-refractivity contribution < 1.29 is 8.81 Å². The maximum absolute atomic E-state index is 13.0. The summed E-state index contributed by atoms with van der Waals surface area (Å²) in [5, 5.41) is 4.08. The molecule has 0 spiro atoms. The third-order valence-corrected chi connectivity index (χ3v) is 3.63. The van der Waals surface area contributed by atoms with Gasteiger partial charge in [0.15, 0.2) is 0 Å². The van der Waals surface area contributed by atoms with E-state index in [1.54, 1.807) is 24.4 Å². The molecule has 0 amide bonds. The lowest BCUT2D eigenvalue weighted by atomic mass is 10.2. The molecule has 25 heavy (non-hydrogen) atoms. The van der Waals surface area contributed by atoms with Gasteiger partial charge in [0.05, 0.1) is 12.2 Å². The van der Waals surface area contributed by atoms with Gasteiger partial charge in [0.1, 0.15) is 11.5 Å². The van der Waals surface area contributed by atoms with E-state index in [9.17, 15) is 14.0 Å². The van der Waals surface area contributed by atoms with Crippen molar-refractivity contribution in [2.24, 2.45) is 0 Å².